The smallest absolute Gasteiger partial charge is 0.338 e. The molecule has 1 aliphatic heterocycles. The van der Waals surface area contributed by atoms with Crippen LogP contribution in [0.25, 0.3) is 0 Å². The fraction of sp³-hybridized carbons (Fsp3) is 0.300. The Balaban J connectivity index is 1.74. The van der Waals surface area contributed by atoms with Crippen molar-refractivity contribution in [2.24, 2.45) is 0 Å². The molecule has 1 N–H and O–H groups in total. The van der Waals surface area contributed by atoms with E-state index in [4.69, 9.17) is 14.2 Å². The zero-order valence-electron chi connectivity index (χ0n) is 14.3. The fourth-order valence-electron chi connectivity index (χ4n) is 2.85. The van der Waals surface area contributed by atoms with Crippen molar-refractivity contribution in [3.63, 3.8) is 0 Å². The maximum atomic E-state index is 12.4. The van der Waals surface area contributed by atoms with Gasteiger partial charge in [0.25, 0.3) is 0 Å². The van der Waals surface area contributed by atoms with E-state index >= 15 is 0 Å². The van der Waals surface area contributed by atoms with Crippen LogP contribution >= 0.6 is 0 Å². The topological polar surface area (TPSA) is 82.1 Å². The molecule has 1 saturated heterocycles. The molecule has 1 aliphatic rings. The lowest BCUT2D eigenvalue weighted by molar-refractivity contribution is -0.226. The number of carbonyl (C=O) groups excluding carboxylic acids is 2. The van der Waals surface area contributed by atoms with Crippen LogP contribution < -0.4 is 0 Å². The first-order valence-electron chi connectivity index (χ1n) is 8.40. The van der Waals surface area contributed by atoms with Crippen molar-refractivity contribution in [2.45, 2.75) is 37.9 Å². The van der Waals surface area contributed by atoms with Crippen LogP contribution in [0.4, 0.5) is 0 Å². The zero-order chi connectivity index (χ0) is 18.5. The Morgan fingerprint density at radius 2 is 1.42 bits per heavy atom. The Hall–Kier alpha value is -2.70. The van der Waals surface area contributed by atoms with Gasteiger partial charge in [-0.05, 0) is 31.2 Å². The average molecular weight is 356 g/mol. The average Bonchev–Trinajstić information content (AvgIpc) is 2.65. The van der Waals surface area contributed by atoms with E-state index < -0.39 is 36.5 Å². The molecule has 2 aromatic carbocycles. The number of benzene rings is 2. The SMILES string of the molecule is C[C@H]1O[C@@H](O)C[C@@H](OC(=O)c2ccccc2)[C@H]1OC(=O)c1ccccc1. The van der Waals surface area contributed by atoms with Gasteiger partial charge in [-0.2, -0.15) is 0 Å². The number of esters is 2. The Morgan fingerprint density at radius 3 is 1.96 bits per heavy atom. The van der Waals surface area contributed by atoms with Gasteiger partial charge in [-0.3, -0.25) is 0 Å². The number of carbonyl (C=O) groups is 2. The molecular formula is C20H20O6. The summed E-state index contributed by atoms with van der Waals surface area (Å²) in [6, 6.07) is 17.0. The molecule has 0 amide bonds. The highest BCUT2D eigenvalue weighted by Crippen LogP contribution is 2.26. The van der Waals surface area contributed by atoms with E-state index in [1.54, 1.807) is 67.6 Å². The fourth-order valence-corrected chi connectivity index (χ4v) is 2.85. The van der Waals surface area contributed by atoms with Crippen LogP contribution in [0.5, 0.6) is 0 Å². The lowest BCUT2D eigenvalue weighted by Crippen LogP contribution is -2.51. The van der Waals surface area contributed by atoms with Gasteiger partial charge in [0.1, 0.15) is 6.10 Å². The molecule has 0 aliphatic carbocycles. The van der Waals surface area contributed by atoms with Gasteiger partial charge in [-0.15, -0.1) is 0 Å². The van der Waals surface area contributed by atoms with E-state index in [0.717, 1.165) is 0 Å². The summed E-state index contributed by atoms with van der Waals surface area (Å²) in [5.74, 6) is -1.08. The second-order valence-electron chi connectivity index (χ2n) is 6.08. The van der Waals surface area contributed by atoms with E-state index in [1.165, 1.54) is 0 Å². The molecule has 136 valence electrons. The van der Waals surface area contributed by atoms with Crippen molar-refractivity contribution >= 4 is 11.9 Å². The van der Waals surface area contributed by atoms with Gasteiger partial charge in [0.2, 0.25) is 0 Å². The van der Waals surface area contributed by atoms with Crippen LogP contribution in [0.3, 0.4) is 0 Å². The Kier molecular flexibility index (Phi) is 5.65. The predicted molar refractivity (Wildman–Crippen MR) is 92.5 cm³/mol. The number of aliphatic hydroxyl groups is 1. The number of rotatable bonds is 4. The highest BCUT2D eigenvalue weighted by molar-refractivity contribution is 5.90. The molecule has 0 unspecified atom stereocenters. The lowest BCUT2D eigenvalue weighted by atomic mass is 10.0. The van der Waals surface area contributed by atoms with Crippen LogP contribution in [0.15, 0.2) is 60.7 Å². The van der Waals surface area contributed by atoms with Crippen LogP contribution in [0.2, 0.25) is 0 Å². The minimum Gasteiger partial charge on any atom is -0.455 e. The molecule has 4 atom stereocenters. The number of hydrogen-bond donors (Lipinski definition) is 1. The Labute approximate surface area is 151 Å². The monoisotopic (exact) mass is 356 g/mol. The van der Waals surface area contributed by atoms with E-state index in [0.29, 0.717) is 11.1 Å². The standard InChI is InChI=1S/C20H20O6/c1-13-18(26-20(23)15-10-6-3-7-11-15)16(12-17(21)24-13)25-19(22)14-8-4-2-5-9-14/h2-11,13,16-18,21H,12H2,1H3/t13-,16-,17-,18+/m1/s1. The Morgan fingerprint density at radius 1 is 0.923 bits per heavy atom. The van der Waals surface area contributed by atoms with Crippen molar-refractivity contribution in [3.8, 4) is 0 Å². The summed E-state index contributed by atoms with van der Waals surface area (Å²) in [7, 11) is 0. The molecule has 1 fully saturated rings. The van der Waals surface area contributed by atoms with Gasteiger partial charge < -0.3 is 19.3 Å². The van der Waals surface area contributed by atoms with Gasteiger partial charge in [-0.25, -0.2) is 9.59 Å². The van der Waals surface area contributed by atoms with Crippen LogP contribution in [0.1, 0.15) is 34.1 Å². The largest absolute Gasteiger partial charge is 0.455 e. The van der Waals surface area contributed by atoms with Gasteiger partial charge in [0.15, 0.2) is 12.4 Å². The first-order valence-corrected chi connectivity index (χ1v) is 8.40. The maximum Gasteiger partial charge on any atom is 0.338 e. The predicted octanol–water partition coefficient (Wildman–Crippen LogP) is 2.56. The van der Waals surface area contributed by atoms with Gasteiger partial charge in [-0.1, -0.05) is 36.4 Å². The van der Waals surface area contributed by atoms with Gasteiger partial charge in [0.05, 0.1) is 17.2 Å². The molecule has 0 bridgehead atoms. The number of ether oxygens (including phenoxy) is 3. The summed E-state index contributed by atoms with van der Waals surface area (Å²) in [5, 5.41) is 9.85. The molecule has 0 spiro atoms. The van der Waals surface area contributed by atoms with Crippen molar-refractivity contribution in [2.75, 3.05) is 0 Å². The van der Waals surface area contributed by atoms with Gasteiger partial charge >= 0.3 is 11.9 Å². The second-order valence-corrected chi connectivity index (χ2v) is 6.08. The first kappa shape index (κ1) is 18.1. The van der Waals surface area contributed by atoms with Crippen LogP contribution in [0, 0.1) is 0 Å². The molecule has 0 aromatic heterocycles. The zero-order valence-corrected chi connectivity index (χ0v) is 14.3. The third-order valence-corrected chi connectivity index (χ3v) is 4.16. The summed E-state index contributed by atoms with van der Waals surface area (Å²) in [5.41, 5.74) is 0.772. The summed E-state index contributed by atoms with van der Waals surface area (Å²) in [6.45, 7) is 1.66. The normalized spacial score (nSPS) is 25.3. The third-order valence-electron chi connectivity index (χ3n) is 4.16. The van der Waals surface area contributed by atoms with E-state index in [9.17, 15) is 14.7 Å². The van der Waals surface area contributed by atoms with E-state index in [1.807, 2.05) is 0 Å². The molecule has 0 radical (unpaired) electrons. The van der Waals surface area contributed by atoms with Crippen molar-refractivity contribution in [1.29, 1.82) is 0 Å². The van der Waals surface area contributed by atoms with E-state index in [-0.39, 0.29) is 6.42 Å². The van der Waals surface area contributed by atoms with Crippen LogP contribution in [-0.4, -0.2) is 41.6 Å². The highest BCUT2D eigenvalue weighted by Gasteiger charge is 2.41. The second kappa shape index (κ2) is 8.12. The molecule has 0 saturated carbocycles. The molecule has 6 heteroatoms. The maximum absolute atomic E-state index is 12.4. The molecule has 2 aromatic rings. The quantitative estimate of drug-likeness (QED) is 0.848. The highest BCUT2D eigenvalue weighted by atomic mass is 16.7. The van der Waals surface area contributed by atoms with Gasteiger partial charge in [0, 0.05) is 6.42 Å². The van der Waals surface area contributed by atoms with Crippen LogP contribution in [-0.2, 0) is 14.2 Å². The molecule has 26 heavy (non-hydrogen) atoms. The Bertz CT molecular complexity index is 745. The summed E-state index contributed by atoms with van der Waals surface area (Å²) in [4.78, 5) is 24.7. The minimum atomic E-state index is -1.09. The van der Waals surface area contributed by atoms with Crippen molar-refractivity contribution in [1.82, 2.24) is 0 Å². The van der Waals surface area contributed by atoms with Crippen molar-refractivity contribution < 1.29 is 28.9 Å². The summed E-state index contributed by atoms with van der Waals surface area (Å²) in [6.07, 6.45) is -3.33. The lowest BCUT2D eigenvalue weighted by Gasteiger charge is -2.37. The minimum absolute atomic E-state index is 0.0235. The summed E-state index contributed by atoms with van der Waals surface area (Å²) >= 11 is 0. The van der Waals surface area contributed by atoms with Crippen molar-refractivity contribution in [3.05, 3.63) is 71.8 Å². The number of aliphatic hydroxyl groups excluding tert-OH is 1. The first-order chi connectivity index (χ1) is 12.5. The molecular weight excluding hydrogens is 336 g/mol. The third kappa shape index (κ3) is 4.28. The summed E-state index contributed by atoms with van der Waals surface area (Å²) < 4.78 is 16.4. The molecule has 1 heterocycles. The molecule has 6 nitrogen and oxygen atoms in total. The van der Waals surface area contributed by atoms with E-state index in [2.05, 4.69) is 0 Å². The molecule has 3 rings (SSSR count). The number of hydrogen-bond acceptors (Lipinski definition) is 6.